The number of carbonyl (C=O) groups excluding carboxylic acids is 1. The normalized spacial score (nSPS) is 11.3. The number of nitrogens with two attached hydrogens (primary N) is 1. The zero-order valence-corrected chi connectivity index (χ0v) is 14.5. The molecule has 11 heteroatoms. The summed E-state index contributed by atoms with van der Waals surface area (Å²) in [6.45, 7) is -2.33. The van der Waals surface area contributed by atoms with E-state index in [1.54, 1.807) is 4.57 Å². The van der Waals surface area contributed by atoms with Gasteiger partial charge in [-0.3, -0.25) is 9.36 Å². The van der Waals surface area contributed by atoms with Crippen molar-refractivity contribution < 1.29 is 13.6 Å². The topological polar surface area (TPSA) is 91.6 Å². The molecule has 3 rings (SSSR count). The second-order valence-corrected chi connectivity index (χ2v) is 6.86. The van der Waals surface area contributed by atoms with E-state index in [0.29, 0.717) is 17.5 Å². The van der Waals surface area contributed by atoms with Crippen molar-refractivity contribution in [2.45, 2.75) is 30.4 Å². The number of thiophene rings is 1. The van der Waals surface area contributed by atoms with E-state index in [1.807, 2.05) is 17.5 Å². The van der Waals surface area contributed by atoms with Crippen LogP contribution in [0.5, 0.6) is 0 Å². The van der Waals surface area contributed by atoms with Gasteiger partial charge in [0.25, 0.3) is 0 Å². The molecule has 1 amide bonds. The zero-order valence-electron chi connectivity index (χ0n) is 12.9. The van der Waals surface area contributed by atoms with Gasteiger partial charge in [0, 0.05) is 25.4 Å². The minimum Gasteiger partial charge on any atom is -0.370 e. The molecular formula is C14H14F2N6OS2. The Bertz CT molecular complexity index is 846. The Kier molecular flexibility index (Phi) is 5.43. The number of alkyl halides is 2. The minimum atomic E-state index is -2.65. The summed E-state index contributed by atoms with van der Waals surface area (Å²) in [5.41, 5.74) is 5.24. The van der Waals surface area contributed by atoms with Crippen LogP contribution in [0.15, 0.2) is 35.1 Å². The van der Waals surface area contributed by atoms with Gasteiger partial charge in [-0.1, -0.05) is 17.8 Å². The Labute approximate surface area is 149 Å². The lowest BCUT2D eigenvalue weighted by Crippen LogP contribution is -2.15. The highest BCUT2D eigenvalue weighted by molar-refractivity contribution is 7.98. The summed E-state index contributed by atoms with van der Waals surface area (Å²) >= 11 is 2.73. The first kappa shape index (κ1) is 17.5. The Hall–Kier alpha value is -2.27. The Morgan fingerprint density at radius 3 is 2.92 bits per heavy atom. The molecule has 0 aliphatic carbocycles. The van der Waals surface area contributed by atoms with Gasteiger partial charge in [-0.15, -0.1) is 21.5 Å². The van der Waals surface area contributed by atoms with Crippen LogP contribution in [-0.2, 0) is 17.1 Å². The Balaban J connectivity index is 1.82. The molecule has 2 N–H and O–H groups in total. The van der Waals surface area contributed by atoms with E-state index in [9.17, 15) is 13.6 Å². The van der Waals surface area contributed by atoms with E-state index < -0.39 is 12.5 Å². The molecule has 7 nitrogen and oxygen atoms in total. The third-order valence-corrected chi connectivity index (χ3v) is 5.16. The summed E-state index contributed by atoms with van der Waals surface area (Å²) in [4.78, 5) is 16.0. The van der Waals surface area contributed by atoms with Gasteiger partial charge in [0.1, 0.15) is 5.82 Å². The summed E-state index contributed by atoms with van der Waals surface area (Å²) in [6.07, 6.45) is 2.70. The van der Waals surface area contributed by atoms with Crippen LogP contribution in [0.25, 0.3) is 10.7 Å². The van der Waals surface area contributed by atoms with Crippen LogP contribution in [-0.4, -0.2) is 30.2 Å². The van der Waals surface area contributed by atoms with Crippen molar-refractivity contribution in [3.8, 4) is 10.7 Å². The number of nitrogens with zero attached hydrogens (tertiary/aromatic N) is 5. The first-order valence-electron chi connectivity index (χ1n) is 7.24. The van der Waals surface area contributed by atoms with Crippen LogP contribution < -0.4 is 5.73 Å². The minimum absolute atomic E-state index is 0.135. The third kappa shape index (κ3) is 4.04. The smallest absolute Gasteiger partial charge is 0.319 e. The quantitative estimate of drug-likeness (QED) is 0.603. The molecule has 0 aliphatic rings. The highest BCUT2D eigenvalue weighted by Crippen LogP contribution is 2.29. The fourth-order valence-electron chi connectivity index (χ4n) is 2.17. The lowest BCUT2D eigenvalue weighted by Gasteiger charge is -2.09. The number of halogens is 2. The summed E-state index contributed by atoms with van der Waals surface area (Å²) in [6, 6.07) is 3.78. The highest BCUT2D eigenvalue weighted by Gasteiger charge is 2.18. The molecule has 0 radical (unpaired) electrons. The van der Waals surface area contributed by atoms with E-state index in [4.69, 9.17) is 5.73 Å². The number of amides is 1. The number of carbonyl (C=O) groups is 1. The van der Waals surface area contributed by atoms with Crippen LogP contribution in [0.1, 0.15) is 18.8 Å². The number of aromatic nitrogens is 5. The van der Waals surface area contributed by atoms with Crippen LogP contribution in [0, 0.1) is 0 Å². The average molecular weight is 384 g/mol. The molecule has 132 valence electrons. The summed E-state index contributed by atoms with van der Waals surface area (Å²) in [5, 5.41) is 10.7. The number of thioether (sulfide) groups is 1. The number of imidazole rings is 1. The first-order chi connectivity index (χ1) is 12.1. The van der Waals surface area contributed by atoms with E-state index in [2.05, 4.69) is 15.2 Å². The molecule has 0 fully saturated rings. The predicted molar refractivity (Wildman–Crippen MR) is 90.2 cm³/mol. The van der Waals surface area contributed by atoms with Crippen LogP contribution in [0.3, 0.4) is 0 Å². The molecule has 0 saturated carbocycles. The Morgan fingerprint density at radius 1 is 1.40 bits per heavy atom. The standard InChI is InChI=1S/C14H14F2N6OS2/c15-13(16)21-6-4-18-11(21)8-25-14-20-19-12(9-2-1-7-24-9)22(14)5-3-10(17)23/h1-2,4,6-7,13H,3,5,8H2,(H2,17,23). The van der Waals surface area contributed by atoms with Gasteiger partial charge in [0.2, 0.25) is 5.91 Å². The fourth-order valence-corrected chi connectivity index (χ4v) is 3.80. The number of primary amides is 1. The average Bonchev–Trinajstić information content (AvgIpc) is 3.29. The van der Waals surface area contributed by atoms with E-state index >= 15 is 0 Å². The van der Waals surface area contributed by atoms with Crippen LogP contribution in [0.4, 0.5) is 8.78 Å². The molecule has 0 bridgehead atoms. The number of rotatable bonds is 8. The molecule has 0 atom stereocenters. The van der Waals surface area contributed by atoms with Crippen molar-refractivity contribution in [3.05, 3.63) is 35.7 Å². The van der Waals surface area contributed by atoms with Crippen molar-refractivity contribution in [2.24, 2.45) is 5.73 Å². The fraction of sp³-hybridized carbons (Fsp3) is 0.286. The van der Waals surface area contributed by atoms with Crippen molar-refractivity contribution in [1.29, 1.82) is 0 Å². The largest absolute Gasteiger partial charge is 0.370 e. The van der Waals surface area contributed by atoms with Crippen LogP contribution in [0.2, 0.25) is 0 Å². The highest BCUT2D eigenvalue weighted by atomic mass is 32.2. The molecule has 0 spiro atoms. The van der Waals surface area contributed by atoms with Crippen molar-refractivity contribution in [1.82, 2.24) is 24.3 Å². The SMILES string of the molecule is NC(=O)CCn1c(SCc2nccn2C(F)F)nnc1-c1cccs1. The third-order valence-electron chi connectivity index (χ3n) is 3.33. The Morgan fingerprint density at radius 2 is 2.24 bits per heavy atom. The maximum absolute atomic E-state index is 12.9. The van der Waals surface area contributed by atoms with Crippen LogP contribution >= 0.6 is 23.1 Å². The van der Waals surface area contributed by atoms with E-state index in [-0.39, 0.29) is 18.0 Å². The van der Waals surface area contributed by atoms with Crippen molar-refractivity contribution >= 4 is 29.0 Å². The summed E-state index contributed by atoms with van der Waals surface area (Å²) < 4.78 is 28.4. The van der Waals surface area contributed by atoms with Gasteiger partial charge in [-0.25, -0.2) is 4.98 Å². The monoisotopic (exact) mass is 384 g/mol. The lowest BCUT2D eigenvalue weighted by atomic mass is 10.4. The summed E-state index contributed by atoms with van der Waals surface area (Å²) in [7, 11) is 0. The lowest BCUT2D eigenvalue weighted by molar-refractivity contribution is -0.118. The van der Waals surface area contributed by atoms with Gasteiger partial charge in [0.05, 0.1) is 10.6 Å². The first-order valence-corrected chi connectivity index (χ1v) is 9.11. The summed E-state index contributed by atoms with van der Waals surface area (Å²) in [5.74, 6) is 0.629. The van der Waals surface area contributed by atoms with Gasteiger partial charge >= 0.3 is 6.55 Å². The van der Waals surface area contributed by atoms with Gasteiger partial charge in [0.15, 0.2) is 11.0 Å². The van der Waals surface area contributed by atoms with Gasteiger partial charge in [-0.05, 0) is 11.4 Å². The molecule has 0 aliphatic heterocycles. The van der Waals surface area contributed by atoms with Gasteiger partial charge in [-0.2, -0.15) is 8.78 Å². The predicted octanol–water partition coefficient (Wildman–Crippen LogP) is 2.77. The van der Waals surface area contributed by atoms with Crippen molar-refractivity contribution in [2.75, 3.05) is 0 Å². The zero-order chi connectivity index (χ0) is 17.8. The molecule has 25 heavy (non-hydrogen) atoms. The molecule has 0 saturated heterocycles. The molecule has 3 aromatic rings. The second-order valence-electron chi connectivity index (χ2n) is 4.97. The molecule has 3 aromatic heterocycles. The number of hydrogen-bond acceptors (Lipinski definition) is 6. The van der Waals surface area contributed by atoms with E-state index in [0.717, 1.165) is 9.44 Å². The maximum Gasteiger partial charge on any atom is 0.319 e. The number of hydrogen-bond donors (Lipinski definition) is 1. The molecule has 0 aromatic carbocycles. The van der Waals surface area contributed by atoms with Crippen molar-refractivity contribution in [3.63, 3.8) is 0 Å². The molecule has 0 unspecified atom stereocenters. The second kappa shape index (κ2) is 7.74. The molecular weight excluding hydrogens is 370 g/mol. The maximum atomic E-state index is 12.9. The van der Waals surface area contributed by atoms with Gasteiger partial charge < -0.3 is 10.3 Å². The molecule has 3 heterocycles. The van der Waals surface area contributed by atoms with E-state index in [1.165, 1.54) is 35.5 Å².